The van der Waals surface area contributed by atoms with E-state index in [1.165, 1.54) is 30.3 Å². The van der Waals surface area contributed by atoms with Gasteiger partial charge in [0, 0.05) is 18.1 Å². The fourth-order valence-corrected chi connectivity index (χ4v) is 2.61. The first kappa shape index (κ1) is 25.8. The molecular formula is C21H20ClF3N2O6. The molecule has 0 aromatic heterocycles. The van der Waals surface area contributed by atoms with E-state index in [-0.39, 0.29) is 16.3 Å². The van der Waals surface area contributed by atoms with Gasteiger partial charge in [-0.15, -0.1) is 5.06 Å². The van der Waals surface area contributed by atoms with Gasteiger partial charge in [0.2, 0.25) is 6.73 Å². The van der Waals surface area contributed by atoms with Crippen molar-refractivity contribution < 1.29 is 41.9 Å². The summed E-state index contributed by atoms with van der Waals surface area (Å²) in [5, 5.41) is 4.59. The molecule has 0 aliphatic heterocycles. The molecule has 0 saturated heterocycles. The van der Waals surface area contributed by atoms with Crippen molar-refractivity contribution in [2.24, 2.45) is 5.16 Å². The second-order valence-corrected chi connectivity index (χ2v) is 6.86. The lowest BCUT2D eigenvalue weighted by molar-refractivity contribution is -0.159. The molecule has 0 spiro atoms. The van der Waals surface area contributed by atoms with E-state index in [1.54, 1.807) is 13.0 Å². The largest absolute Gasteiger partial charge is 0.451 e. The number of rotatable bonds is 8. The number of nitrogens with zero attached hydrogens (tertiary/aromatic N) is 2. The average Bonchev–Trinajstić information content (AvgIpc) is 2.76. The van der Waals surface area contributed by atoms with E-state index in [9.17, 15) is 22.8 Å². The van der Waals surface area contributed by atoms with Crippen molar-refractivity contribution >= 4 is 29.4 Å². The van der Waals surface area contributed by atoms with Crippen LogP contribution in [-0.2, 0) is 31.9 Å². The van der Waals surface area contributed by atoms with E-state index in [4.69, 9.17) is 26.0 Å². The number of carbonyl (C=O) groups is 2. The minimum Gasteiger partial charge on any atom is -0.451 e. The minimum absolute atomic E-state index is 0.00341. The first-order valence-electron chi connectivity index (χ1n) is 9.31. The van der Waals surface area contributed by atoms with Crippen molar-refractivity contribution in [3.05, 3.63) is 64.2 Å². The molecule has 2 aromatic carbocycles. The molecule has 178 valence electrons. The number of esters is 1. The second-order valence-electron chi connectivity index (χ2n) is 6.46. The number of ether oxygens (including phenoxy) is 2. The Morgan fingerprint density at radius 3 is 2.45 bits per heavy atom. The lowest BCUT2D eigenvalue weighted by Crippen LogP contribution is -2.36. The highest BCUT2D eigenvalue weighted by molar-refractivity contribution is 6.32. The predicted octanol–water partition coefficient (Wildman–Crippen LogP) is 5.18. The normalized spacial score (nSPS) is 11.5. The van der Waals surface area contributed by atoms with Gasteiger partial charge in [0.15, 0.2) is 5.75 Å². The molecule has 8 nitrogen and oxygen atoms in total. The van der Waals surface area contributed by atoms with Gasteiger partial charge >= 0.3 is 18.2 Å². The van der Waals surface area contributed by atoms with Crippen LogP contribution < -0.4 is 4.84 Å². The SMILES string of the molecule is COC(=O)N(COC(C)=O)Oc1cc(C(C)=NOCc2ccccc2C(F)(F)F)ccc1Cl. The number of oxime groups is 1. The first-order valence-corrected chi connectivity index (χ1v) is 9.69. The molecule has 0 bridgehead atoms. The monoisotopic (exact) mass is 488 g/mol. The lowest BCUT2D eigenvalue weighted by atomic mass is 10.1. The summed E-state index contributed by atoms with van der Waals surface area (Å²) in [6.45, 7) is 1.75. The fraction of sp³-hybridized carbons (Fsp3) is 0.286. The summed E-state index contributed by atoms with van der Waals surface area (Å²) in [7, 11) is 1.11. The van der Waals surface area contributed by atoms with Crippen LogP contribution in [0.15, 0.2) is 47.6 Å². The van der Waals surface area contributed by atoms with Gasteiger partial charge in [-0.1, -0.05) is 41.0 Å². The van der Waals surface area contributed by atoms with Crippen LogP contribution >= 0.6 is 11.6 Å². The Morgan fingerprint density at radius 2 is 1.82 bits per heavy atom. The molecule has 0 aliphatic carbocycles. The maximum atomic E-state index is 13.1. The van der Waals surface area contributed by atoms with Crippen LogP contribution in [0, 0.1) is 0 Å². The van der Waals surface area contributed by atoms with E-state index >= 15 is 0 Å². The summed E-state index contributed by atoms with van der Waals surface area (Å²) >= 11 is 6.11. The molecule has 0 atom stereocenters. The Labute approximate surface area is 192 Å². The van der Waals surface area contributed by atoms with Gasteiger partial charge in [0.1, 0.15) is 6.61 Å². The van der Waals surface area contributed by atoms with Crippen molar-refractivity contribution in [2.45, 2.75) is 26.6 Å². The highest BCUT2D eigenvalue weighted by Crippen LogP contribution is 2.32. The number of hydroxylamine groups is 2. The van der Waals surface area contributed by atoms with Gasteiger partial charge in [0.05, 0.1) is 23.4 Å². The predicted molar refractivity (Wildman–Crippen MR) is 111 cm³/mol. The van der Waals surface area contributed by atoms with E-state index in [0.29, 0.717) is 16.3 Å². The summed E-state index contributed by atoms with van der Waals surface area (Å²) in [5.74, 6) is -0.650. The maximum Gasteiger partial charge on any atom is 0.446 e. The Balaban J connectivity index is 2.16. The Bertz CT molecular complexity index is 1030. The van der Waals surface area contributed by atoms with Crippen LogP contribution in [0.25, 0.3) is 0 Å². The number of methoxy groups -OCH3 is 1. The van der Waals surface area contributed by atoms with Crippen molar-refractivity contribution in [2.75, 3.05) is 13.8 Å². The van der Waals surface area contributed by atoms with Crippen LogP contribution in [0.4, 0.5) is 18.0 Å². The van der Waals surface area contributed by atoms with Crippen molar-refractivity contribution in [3.8, 4) is 5.75 Å². The third kappa shape index (κ3) is 7.56. The second kappa shape index (κ2) is 11.4. The summed E-state index contributed by atoms with van der Waals surface area (Å²) in [4.78, 5) is 33.4. The number of hydrogen-bond acceptors (Lipinski definition) is 7. The molecule has 2 rings (SSSR count). The van der Waals surface area contributed by atoms with E-state index in [2.05, 4.69) is 9.89 Å². The third-order valence-corrected chi connectivity index (χ3v) is 4.38. The van der Waals surface area contributed by atoms with Crippen LogP contribution in [0.3, 0.4) is 0 Å². The molecule has 0 saturated carbocycles. The fourth-order valence-electron chi connectivity index (χ4n) is 2.46. The van der Waals surface area contributed by atoms with Crippen LogP contribution in [0.5, 0.6) is 5.75 Å². The molecule has 12 heteroatoms. The summed E-state index contributed by atoms with van der Waals surface area (Å²) < 4.78 is 48.6. The van der Waals surface area contributed by atoms with E-state index < -0.39 is 37.1 Å². The summed E-state index contributed by atoms with van der Waals surface area (Å²) in [6, 6.07) is 9.44. The molecule has 0 fully saturated rings. The standard InChI is InChI=1S/C21H20ClF3N2O6/c1-13(26-32-11-16-6-4-5-7-17(16)21(23,24)25)15-8-9-18(22)19(10-15)33-27(20(29)30-3)12-31-14(2)28/h4-10H,11-12H2,1-3H3. The summed E-state index contributed by atoms with van der Waals surface area (Å²) in [6.07, 6.45) is -5.46. The lowest BCUT2D eigenvalue weighted by Gasteiger charge is -2.21. The smallest absolute Gasteiger partial charge is 0.446 e. The molecule has 0 N–H and O–H groups in total. The van der Waals surface area contributed by atoms with Crippen LogP contribution in [-0.4, -0.2) is 36.7 Å². The van der Waals surface area contributed by atoms with E-state index in [1.807, 2.05) is 0 Å². The van der Waals surface area contributed by atoms with Crippen LogP contribution in [0.2, 0.25) is 5.02 Å². The quantitative estimate of drug-likeness (QED) is 0.220. The molecular weight excluding hydrogens is 469 g/mol. The highest BCUT2D eigenvalue weighted by Gasteiger charge is 2.33. The first-order chi connectivity index (χ1) is 15.5. The van der Waals surface area contributed by atoms with Crippen molar-refractivity contribution in [3.63, 3.8) is 0 Å². The molecule has 1 amide bonds. The molecule has 2 aromatic rings. The van der Waals surface area contributed by atoms with Gasteiger partial charge < -0.3 is 19.1 Å². The zero-order valence-electron chi connectivity index (χ0n) is 17.8. The third-order valence-electron chi connectivity index (χ3n) is 4.07. The Hall–Kier alpha value is -3.47. The van der Waals surface area contributed by atoms with Gasteiger partial charge in [-0.25, -0.2) is 4.79 Å². The molecule has 0 heterocycles. The number of alkyl halides is 3. The highest BCUT2D eigenvalue weighted by atomic mass is 35.5. The number of carbonyl (C=O) groups excluding carboxylic acids is 2. The number of benzene rings is 2. The molecule has 0 aliphatic rings. The zero-order chi connectivity index (χ0) is 24.6. The zero-order valence-corrected chi connectivity index (χ0v) is 18.6. The summed E-state index contributed by atoms with van der Waals surface area (Å²) in [5.41, 5.74) is -0.141. The van der Waals surface area contributed by atoms with Crippen molar-refractivity contribution in [1.29, 1.82) is 0 Å². The Morgan fingerprint density at radius 1 is 1.12 bits per heavy atom. The molecule has 0 radical (unpaired) electrons. The molecule has 0 unspecified atom stereocenters. The topological polar surface area (TPSA) is 86.7 Å². The van der Waals surface area contributed by atoms with Crippen LogP contribution in [0.1, 0.15) is 30.5 Å². The molecule has 33 heavy (non-hydrogen) atoms. The number of hydrogen-bond donors (Lipinski definition) is 0. The number of amides is 1. The Kier molecular flexibility index (Phi) is 8.92. The van der Waals surface area contributed by atoms with Gasteiger partial charge in [0.25, 0.3) is 0 Å². The van der Waals surface area contributed by atoms with Crippen molar-refractivity contribution in [1.82, 2.24) is 5.06 Å². The van der Waals surface area contributed by atoms with Gasteiger partial charge in [-0.2, -0.15) is 13.2 Å². The van der Waals surface area contributed by atoms with E-state index in [0.717, 1.165) is 20.1 Å². The average molecular weight is 489 g/mol. The minimum atomic E-state index is -4.52. The maximum absolute atomic E-state index is 13.1. The van der Waals surface area contributed by atoms with Gasteiger partial charge in [-0.05, 0) is 25.1 Å². The number of halogens is 4. The van der Waals surface area contributed by atoms with Gasteiger partial charge in [-0.3, -0.25) is 4.79 Å².